The molecule has 1 aromatic carbocycles. The zero-order valence-electron chi connectivity index (χ0n) is 14.5. The largest absolute Gasteiger partial charge is 0.381 e. The number of carbonyl (C=O) groups excluding carboxylic acids is 1. The lowest BCUT2D eigenvalue weighted by molar-refractivity contribution is -0.129. The van der Waals surface area contributed by atoms with E-state index >= 15 is 0 Å². The summed E-state index contributed by atoms with van der Waals surface area (Å²) in [6.07, 6.45) is 3.79. The van der Waals surface area contributed by atoms with E-state index in [0.29, 0.717) is 32.6 Å². The van der Waals surface area contributed by atoms with Gasteiger partial charge in [-0.3, -0.25) is 9.69 Å². The van der Waals surface area contributed by atoms with Crippen molar-refractivity contribution in [2.24, 2.45) is 5.73 Å². The third-order valence-corrected chi connectivity index (χ3v) is 4.89. The first kappa shape index (κ1) is 22.2. The molecule has 0 unspecified atom stereocenters. The van der Waals surface area contributed by atoms with E-state index < -0.39 is 5.54 Å². The predicted molar refractivity (Wildman–Crippen MR) is 104 cm³/mol. The smallest absolute Gasteiger partial charge is 0.240 e. The molecular formula is C18H29Cl2N3O2. The number of hydrogen-bond donors (Lipinski definition) is 2. The van der Waals surface area contributed by atoms with Gasteiger partial charge in [0.1, 0.15) is 0 Å². The van der Waals surface area contributed by atoms with Gasteiger partial charge in [-0.1, -0.05) is 24.3 Å². The fourth-order valence-corrected chi connectivity index (χ4v) is 3.36. The van der Waals surface area contributed by atoms with Gasteiger partial charge in [-0.15, -0.1) is 24.8 Å². The first-order valence-electron chi connectivity index (χ1n) is 8.61. The van der Waals surface area contributed by atoms with E-state index in [1.807, 2.05) is 0 Å². The van der Waals surface area contributed by atoms with Gasteiger partial charge < -0.3 is 15.8 Å². The van der Waals surface area contributed by atoms with Crippen LogP contribution in [0.25, 0.3) is 0 Å². The maximum Gasteiger partial charge on any atom is 0.240 e. The molecule has 0 radical (unpaired) electrons. The molecule has 3 rings (SSSR count). The molecule has 2 fully saturated rings. The molecule has 0 aliphatic carbocycles. The Morgan fingerprint density at radius 1 is 1.16 bits per heavy atom. The average Bonchev–Trinajstić information content (AvgIpc) is 3.06. The maximum atomic E-state index is 12.4. The van der Waals surface area contributed by atoms with Gasteiger partial charge in [0.2, 0.25) is 5.91 Å². The number of amides is 1. The minimum Gasteiger partial charge on any atom is -0.381 e. The second kappa shape index (κ2) is 10.3. The average molecular weight is 390 g/mol. The van der Waals surface area contributed by atoms with E-state index in [2.05, 4.69) is 34.5 Å². The van der Waals surface area contributed by atoms with Crippen LogP contribution in [0, 0.1) is 0 Å². The number of nitrogens with zero attached hydrogens (tertiary/aromatic N) is 1. The minimum absolute atomic E-state index is 0. The predicted octanol–water partition coefficient (Wildman–Crippen LogP) is 2.25. The van der Waals surface area contributed by atoms with Crippen molar-refractivity contribution in [2.75, 3.05) is 26.3 Å². The molecule has 2 heterocycles. The van der Waals surface area contributed by atoms with E-state index in [1.165, 1.54) is 31.5 Å². The van der Waals surface area contributed by atoms with Gasteiger partial charge >= 0.3 is 0 Å². The van der Waals surface area contributed by atoms with Crippen LogP contribution in [0.4, 0.5) is 0 Å². The van der Waals surface area contributed by atoms with Crippen LogP contribution in [0.5, 0.6) is 0 Å². The standard InChI is InChI=1S/C18H27N3O2.2ClH/c19-18(6-10-23-11-7-18)17(22)20-13-15-4-3-5-16(12-15)14-21-8-1-2-9-21;;/h3-5,12H,1-2,6-11,13-14,19H2,(H,20,22);2*1H. The number of hydrogen-bond acceptors (Lipinski definition) is 4. The number of nitrogens with two attached hydrogens (primary N) is 1. The molecule has 0 spiro atoms. The molecule has 1 amide bonds. The van der Waals surface area contributed by atoms with Crippen molar-refractivity contribution in [3.05, 3.63) is 35.4 Å². The van der Waals surface area contributed by atoms with E-state index in [9.17, 15) is 4.79 Å². The highest BCUT2D eigenvalue weighted by Crippen LogP contribution is 2.18. The van der Waals surface area contributed by atoms with Crippen molar-refractivity contribution in [1.82, 2.24) is 10.2 Å². The van der Waals surface area contributed by atoms with Crippen LogP contribution >= 0.6 is 24.8 Å². The van der Waals surface area contributed by atoms with Crippen molar-refractivity contribution in [3.63, 3.8) is 0 Å². The highest BCUT2D eigenvalue weighted by molar-refractivity contribution is 5.86. The molecule has 7 heteroatoms. The van der Waals surface area contributed by atoms with Gasteiger partial charge in [-0.2, -0.15) is 0 Å². The first-order valence-corrected chi connectivity index (χ1v) is 8.61. The lowest BCUT2D eigenvalue weighted by atomic mass is 9.90. The van der Waals surface area contributed by atoms with Crippen molar-refractivity contribution in [2.45, 2.75) is 44.3 Å². The van der Waals surface area contributed by atoms with Gasteiger partial charge in [0.25, 0.3) is 0 Å². The summed E-state index contributed by atoms with van der Waals surface area (Å²) in [6, 6.07) is 8.47. The SMILES string of the molecule is Cl.Cl.NC1(C(=O)NCc2cccc(CN3CCCC3)c2)CCOCC1. The summed E-state index contributed by atoms with van der Waals surface area (Å²) in [5, 5.41) is 3.00. The number of likely N-dealkylation sites (tertiary alicyclic amines) is 1. The Balaban J connectivity index is 0.00000156. The van der Waals surface area contributed by atoms with Crippen LogP contribution < -0.4 is 11.1 Å². The van der Waals surface area contributed by atoms with Gasteiger partial charge in [0, 0.05) is 26.3 Å². The number of carbonyl (C=O) groups is 1. The molecule has 0 saturated carbocycles. The Labute approximate surface area is 162 Å². The second-order valence-electron chi connectivity index (χ2n) is 6.75. The van der Waals surface area contributed by atoms with E-state index in [0.717, 1.165) is 12.1 Å². The van der Waals surface area contributed by atoms with Gasteiger partial charge in [0.05, 0.1) is 5.54 Å². The molecule has 2 aliphatic rings. The van der Waals surface area contributed by atoms with Crippen molar-refractivity contribution in [3.8, 4) is 0 Å². The lowest BCUT2D eigenvalue weighted by Gasteiger charge is -2.31. The summed E-state index contributed by atoms with van der Waals surface area (Å²) < 4.78 is 5.29. The zero-order valence-corrected chi connectivity index (χ0v) is 16.2. The molecule has 1 aromatic rings. The molecular weight excluding hydrogens is 361 g/mol. The Morgan fingerprint density at radius 2 is 1.80 bits per heavy atom. The number of halogens is 2. The topological polar surface area (TPSA) is 67.6 Å². The monoisotopic (exact) mass is 389 g/mol. The molecule has 25 heavy (non-hydrogen) atoms. The summed E-state index contributed by atoms with van der Waals surface area (Å²) in [4.78, 5) is 14.8. The van der Waals surface area contributed by atoms with E-state index in [4.69, 9.17) is 10.5 Å². The summed E-state index contributed by atoms with van der Waals surface area (Å²) in [7, 11) is 0. The molecule has 0 aromatic heterocycles. The minimum atomic E-state index is -0.772. The van der Waals surface area contributed by atoms with Crippen LogP contribution in [0.1, 0.15) is 36.8 Å². The Morgan fingerprint density at radius 3 is 2.48 bits per heavy atom. The normalized spacial score (nSPS) is 19.6. The summed E-state index contributed by atoms with van der Waals surface area (Å²) in [5.41, 5.74) is 7.88. The van der Waals surface area contributed by atoms with E-state index in [-0.39, 0.29) is 30.7 Å². The number of nitrogens with one attached hydrogen (secondary N) is 1. The molecule has 0 bridgehead atoms. The molecule has 3 N–H and O–H groups in total. The lowest BCUT2D eigenvalue weighted by Crippen LogP contribution is -2.56. The Kier molecular flexibility index (Phi) is 9.17. The van der Waals surface area contributed by atoms with Crippen molar-refractivity contribution >= 4 is 30.7 Å². The van der Waals surface area contributed by atoms with Crippen LogP contribution in [-0.4, -0.2) is 42.6 Å². The highest BCUT2D eigenvalue weighted by Gasteiger charge is 2.35. The third kappa shape index (κ3) is 6.12. The number of ether oxygens (including phenoxy) is 1. The molecule has 2 aliphatic heterocycles. The summed E-state index contributed by atoms with van der Waals surface area (Å²) in [6.45, 7) is 5.05. The molecule has 0 atom stereocenters. The molecule has 2 saturated heterocycles. The van der Waals surface area contributed by atoms with Crippen molar-refractivity contribution < 1.29 is 9.53 Å². The maximum absolute atomic E-state index is 12.4. The van der Waals surface area contributed by atoms with Gasteiger partial charge in [-0.25, -0.2) is 0 Å². The first-order chi connectivity index (χ1) is 11.2. The molecule has 5 nitrogen and oxygen atoms in total. The van der Waals surface area contributed by atoms with Crippen molar-refractivity contribution in [1.29, 1.82) is 0 Å². The summed E-state index contributed by atoms with van der Waals surface area (Å²) in [5.74, 6) is -0.0641. The van der Waals surface area contributed by atoms with Crippen LogP contribution in [0.2, 0.25) is 0 Å². The van der Waals surface area contributed by atoms with Crippen LogP contribution in [-0.2, 0) is 22.6 Å². The summed E-state index contributed by atoms with van der Waals surface area (Å²) >= 11 is 0. The quantitative estimate of drug-likeness (QED) is 0.810. The third-order valence-electron chi connectivity index (χ3n) is 4.89. The zero-order chi connectivity index (χ0) is 16.1. The van der Waals surface area contributed by atoms with Gasteiger partial charge in [0.15, 0.2) is 0 Å². The van der Waals surface area contributed by atoms with Gasteiger partial charge in [-0.05, 0) is 49.9 Å². The second-order valence-corrected chi connectivity index (χ2v) is 6.75. The number of benzene rings is 1. The molecule has 142 valence electrons. The fraction of sp³-hybridized carbons (Fsp3) is 0.611. The number of rotatable bonds is 5. The Bertz CT molecular complexity index is 545. The van der Waals surface area contributed by atoms with E-state index in [1.54, 1.807) is 0 Å². The highest BCUT2D eigenvalue weighted by atomic mass is 35.5. The van der Waals surface area contributed by atoms with Crippen LogP contribution in [0.15, 0.2) is 24.3 Å². The fourth-order valence-electron chi connectivity index (χ4n) is 3.36. The Hall–Kier alpha value is -0.850. The van der Waals surface area contributed by atoms with Crippen LogP contribution in [0.3, 0.4) is 0 Å².